The third kappa shape index (κ3) is 3.27. The Labute approximate surface area is 104 Å². The van der Waals surface area contributed by atoms with Crippen LogP contribution in [0.5, 0.6) is 0 Å². The molecule has 0 aliphatic heterocycles. The zero-order valence-electron chi connectivity index (χ0n) is 10.2. The number of nitrogens with zero attached hydrogens (tertiary/aromatic N) is 2. The van der Waals surface area contributed by atoms with Crippen molar-refractivity contribution in [3.63, 3.8) is 0 Å². The fraction of sp³-hybridized carbons (Fsp3) is 0.300. The minimum atomic E-state index is -2.96. The van der Waals surface area contributed by atoms with Crippen LogP contribution in [0.2, 0.25) is 0 Å². The minimum Gasteiger partial charge on any atom is -0.451 e. The van der Waals surface area contributed by atoms with Crippen molar-refractivity contribution in [3.05, 3.63) is 29.2 Å². The molecule has 0 fully saturated rings. The van der Waals surface area contributed by atoms with Crippen LogP contribution < -0.4 is 0 Å². The lowest BCUT2D eigenvalue weighted by Gasteiger charge is -2.02. The van der Waals surface area contributed by atoms with Crippen molar-refractivity contribution >= 4 is 21.5 Å². The quantitative estimate of drug-likeness (QED) is 0.785. The number of rotatable bonds is 3. The van der Waals surface area contributed by atoms with Crippen LogP contribution in [0.15, 0.2) is 33.5 Å². The number of amides is 1. The van der Waals surface area contributed by atoms with Gasteiger partial charge in [0, 0.05) is 18.4 Å². The average molecular weight is 273 g/mol. The molecule has 1 rings (SSSR count). The molecule has 7 nitrogen and oxygen atoms in total. The molecule has 1 amide bonds. The summed E-state index contributed by atoms with van der Waals surface area (Å²) in [4.78, 5) is 27.2. The van der Waals surface area contributed by atoms with Crippen molar-refractivity contribution in [3.8, 4) is 0 Å². The molecule has 0 aliphatic rings. The van der Waals surface area contributed by atoms with E-state index in [2.05, 4.69) is 13.9 Å². The predicted molar refractivity (Wildman–Crippen MR) is 63.9 cm³/mol. The number of ether oxygens (including phenoxy) is 1. The van der Waals surface area contributed by atoms with E-state index in [-0.39, 0.29) is 15.5 Å². The van der Waals surface area contributed by atoms with Crippen molar-refractivity contribution in [2.45, 2.75) is 4.90 Å². The molecule has 8 heteroatoms. The van der Waals surface area contributed by atoms with Crippen molar-refractivity contribution < 1.29 is 23.5 Å². The van der Waals surface area contributed by atoms with Crippen molar-refractivity contribution in [2.75, 3.05) is 20.5 Å². The molecule has 0 N–H and O–H groups in total. The topological polar surface area (TPSA) is 85.0 Å². The van der Waals surface area contributed by atoms with Gasteiger partial charge in [-0.1, -0.05) is 6.07 Å². The van der Waals surface area contributed by atoms with Crippen LogP contribution in [0.3, 0.4) is 0 Å². The monoisotopic (exact) mass is 273 g/mol. The van der Waals surface area contributed by atoms with Gasteiger partial charge in [-0.3, -0.25) is 0 Å². The van der Waals surface area contributed by atoms with Gasteiger partial charge in [-0.2, -0.15) is 0 Å². The van der Waals surface area contributed by atoms with E-state index in [9.17, 15) is 13.9 Å². The van der Waals surface area contributed by atoms with Gasteiger partial charge >= 0.3 is 11.8 Å². The number of hydrogen-bond donors (Lipinski definition) is 0. The van der Waals surface area contributed by atoms with E-state index in [1.54, 1.807) is 0 Å². The molecule has 98 valence electrons. The fourth-order valence-corrected chi connectivity index (χ4v) is 2.31. The van der Waals surface area contributed by atoms with Crippen LogP contribution in [0.4, 0.5) is 10.5 Å². The van der Waals surface area contributed by atoms with Crippen LogP contribution in [-0.2, 0) is 19.3 Å². The Bertz CT molecular complexity index is 590. The second-order valence-corrected chi connectivity index (χ2v) is 5.56. The lowest BCUT2D eigenvalue weighted by Crippen LogP contribution is -2.04. The summed E-state index contributed by atoms with van der Waals surface area (Å²) in [5.74, 6) is 0. The molecule has 1 aromatic rings. The largest absolute Gasteiger partial charge is 0.451 e. The maximum atomic E-state index is 12.2. The molecule has 0 saturated carbocycles. The first-order chi connectivity index (χ1) is 8.40. The van der Waals surface area contributed by atoms with E-state index in [4.69, 9.17) is 0 Å². The first kappa shape index (κ1) is 14.1. The highest BCUT2D eigenvalue weighted by Gasteiger charge is 2.18. The zero-order valence-corrected chi connectivity index (χ0v) is 11.0. The summed E-state index contributed by atoms with van der Waals surface area (Å²) >= 11 is 0. The Kier molecular flexibility index (Phi) is 4.38. The number of methoxy groups -OCH3 is 1. The summed E-state index contributed by atoms with van der Waals surface area (Å²) < 4.78 is 19.9. The van der Waals surface area contributed by atoms with E-state index >= 15 is 0 Å². The first-order valence-corrected chi connectivity index (χ1v) is 6.74. The Balaban J connectivity index is 3.26. The molecule has 0 aliphatic carbocycles. The highest BCUT2D eigenvalue weighted by Crippen LogP contribution is 2.19. The maximum Gasteiger partial charge on any atom is 0.441 e. The van der Waals surface area contributed by atoms with Gasteiger partial charge in [0.2, 0.25) is 0 Å². The number of carbonyl (C=O) groups is 1. The molecular weight excluding hydrogens is 260 g/mol. The van der Waals surface area contributed by atoms with Crippen LogP contribution in [0.1, 0.15) is 0 Å². The molecule has 1 unspecified atom stereocenters. The molecule has 1 aromatic carbocycles. The Morgan fingerprint density at radius 1 is 1.39 bits per heavy atom. The fourth-order valence-electron chi connectivity index (χ4n) is 1.17. The standard InChI is InChI=1S/C10H13N2O5S/c1-16-10(13)11-18(3,15)9-6-4-5-8(7-9)12(14)17-2/h4-7H,1-3H3/q+1. The molecule has 0 radical (unpaired) electrons. The van der Waals surface area contributed by atoms with E-state index in [0.717, 1.165) is 7.11 Å². The van der Waals surface area contributed by atoms with Crippen LogP contribution in [0.25, 0.3) is 0 Å². The Morgan fingerprint density at radius 3 is 2.61 bits per heavy atom. The summed E-state index contributed by atoms with van der Waals surface area (Å²) in [6, 6.07) is 5.84. The van der Waals surface area contributed by atoms with E-state index < -0.39 is 15.8 Å². The van der Waals surface area contributed by atoms with E-state index in [1.807, 2.05) is 0 Å². The van der Waals surface area contributed by atoms with Crippen molar-refractivity contribution in [1.29, 1.82) is 0 Å². The lowest BCUT2D eigenvalue weighted by atomic mass is 10.3. The van der Waals surface area contributed by atoms with E-state index in [1.165, 1.54) is 37.6 Å². The summed E-state index contributed by atoms with van der Waals surface area (Å²) in [6.45, 7) is 0. The van der Waals surface area contributed by atoms with Gasteiger partial charge in [-0.15, -0.1) is 4.36 Å². The molecule has 0 saturated heterocycles. The van der Waals surface area contributed by atoms with Gasteiger partial charge in [0.25, 0.3) is 4.92 Å². The highest BCUT2D eigenvalue weighted by atomic mass is 32.2. The Hall–Kier alpha value is -1.96. The SMILES string of the molecule is COC(=O)N=S(C)(=O)c1cccc([N+](=O)OC)c1. The summed E-state index contributed by atoms with van der Waals surface area (Å²) in [5, 5.41) is 0. The van der Waals surface area contributed by atoms with Gasteiger partial charge in [-0.05, 0) is 6.07 Å². The summed E-state index contributed by atoms with van der Waals surface area (Å²) in [7, 11) is -0.605. The van der Waals surface area contributed by atoms with Gasteiger partial charge in [0.15, 0.2) is 7.11 Å². The molecule has 0 bridgehead atoms. The van der Waals surface area contributed by atoms with Gasteiger partial charge in [0.05, 0.1) is 26.6 Å². The van der Waals surface area contributed by atoms with Crippen LogP contribution in [-0.4, -0.2) is 35.7 Å². The Morgan fingerprint density at radius 2 is 2.06 bits per heavy atom. The van der Waals surface area contributed by atoms with E-state index in [0.29, 0.717) is 0 Å². The first-order valence-electron chi connectivity index (χ1n) is 4.82. The summed E-state index contributed by atoms with van der Waals surface area (Å²) in [6.07, 6.45) is 0.351. The second-order valence-electron chi connectivity index (χ2n) is 3.30. The normalized spacial score (nSPS) is 13.3. The third-order valence-corrected chi connectivity index (χ3v) is 3.68. The van der Waals surface area contributed by atoms with Crippen LogP contribution >= 0.6 is 0 Å². The zero-order chi connectivity index (χ0) is 13.8. The lowest BCUT2D eigenvalue weighted by molar-refractivity contribution is -0.736. The smallest absolute Gasteiger partial charge is 0.441 e. The molecule has 1 atom stereocenters. The molecule has 18 heavy (non-hydrogen) atoms. The van der Waals surface area contributed by atoms with Crippen molar-refractivity contribution in [1.82, 2.24) is 0 Å². The summed E-state index contributed by atoms with van der Waals surface area (Å²) in [5.41, 5.74) is 0.157. The predicted octanol–water partition coefficient (Wildman–Crippen LogP) is 1.88. The average Bonchev–Trinajstić information content (AvgIpc) is 2.37. The molecule has 0 heterocycles. The number of carbonyl (C=O) groups excluding carboxylic acids is 1. The minimum absolute atomic E-state index is 0.157. The van der Waals surface area contributed by atoms with Gasteiger partial charge in [-0.25, -0.2) is 13.8 Å². The van der Waals surface area contributed by atoms with Gasteiger partial charge in [0.1, 0.15) is 0 Å². The molecular formula is C10H13N2O5S+. The molecule has 0 spiro atoms. The van der Waals surface area contributed by atoms with Crippen molar-refractivity contribution in [2.24, 2.45) is 4.36 Å². The third-order valence-electron chi connectivity index (χ3n) is 2.05. The maximum absolute atomic E-state index is 12.2. The number of hydrogen-bond acceptors (Lipinski definition) is 5. The molecule has 0 aromatic heterocycles. The number of benzene rings is 1. The van der Waals surface area contributed by atoms with Crippen LogP contribution in [0, 0.1) is 4.91 Å². The highest BCUT2D eigenvalue weighted by molar-refractivity contribution is 7.93. The van der Waals surface area contributed by atoms with Gasteiger partial charge < -0.3 is 4.74 Å². The second kappa shape index (κ2) is 5.58.